The summed E-state index contributed by atoms with van der Waals surface area (Å²) in [6.45, 7) is 11.7. The van der Waals surface area contributed by atoms with Gasteiger partial charge in [-0.25, -0.2) is 4.79 Å². The van der Waals surface area contributed by atoms with Gasteiger partial charge in [0, 0.05) is 5.57 Å². The lowest BCUT2D eigenvalue weighted by Gasteiger charge is -2.19. The summed E-state index contributed by atoms with van der Waals surface area (Å²) in [5.74, 6) is 0.366. The molecule has 0 amide bonds. The summed E-state index contributed by atoms with van der Waals surface area (Å²) in [5.41, 5.74) is 0.304. The normalized spacial score (nSPS) is 13.2. The van der Waals surface area contributed by atoms with Crippen molar-refractivity contribution in [3.63, 3.8) is 0 Å². The van der Waals surface area contributed by atoms with E-state index in [-0.39, 0.29) is 5.97 Å². The molecule has 0 saturated carbocycles. The maximum absolute atomic E-state index is 11.5. The fraction of sp³-hybridized carbons (Fsp3) is 0.750. The number of rotatable bonds is 3. The van der Waals surface area contributed by atoms with Crippen molar-refractivity contribution in [2.45, 2.75) is 53.6 Å². The van der Waals surface area contributed by atoms with Gasteiger partial charge in [0.15, 0.2) is 0 Å². The van der Waals surface area contributed by atoms with E-state index in [0.29, 0.717) is 11.5 Å². The van der Waals surface area contributed by atoms with Gasteiger partial charge in [-0.15, -0.1) is 0 Å². The van der Waals surface area contributed by atoms with Crippen LogP contribution >= 0.6 is 0 Å². The number of ether oxygens (including phenoxy) is 1. The molecule has 82 valence electrons. The predicted octanol–water partition coefficient (Wildman–Crippen LogP) is 3.32. The molecule has 2 nitrogen and oxygen atoms in total. The number of hydrogen-bond donors (Lipinski definition) is 0. The van der Waals surface area contributed by atoms with Crippen LogP contribution in [0.15, 0.2) is 11.6 Å². The van der Waals surface area contributed by atoms with Crippen LogP contribution in [0, 0.1) is 5.92 Å². The average molecular weight is 198 g/mol. The van der Waals surface area contributed by atoms with Crippen molar-refractivity contribution in [3.8, 4) is 0 Å². The third-order valence-corrected chi connectivity index (χ3v) is 1.62. The van der Waals surface area contributed by atoms with E-state index in [0.717, 1.165) is 6.42 Å². The SMILES string of the molecule is C/C(=C\CC(C)C)C(=O)OC(C)(C)C. The van der Waals surface area contributed by atoms with Gasteiger partial charge in [-0.1, -0.05) is 19.9 Å². The second-order valence-corrected chi connectivity index (χ2v) is 5.02. The van der Waals surface area contributed by atoms with E-state index in [1.807, 2.05) is 26.8 Å². The molecule has 0 aromatic carbocycles. The van der Waals surface area contributed by atoms with Gasteiger partial charge >= 0.3 is 5.97 Å². The predicted molar refractivity (Wildman–Crippen MR) is 59.1 cm³/mol. The summed E-state index contributed by atoms with van der Waals surface area (Å²) >= 11 is 0. The fourth-order valence-electron chi connectivity index (χ4n) is 0.854. The summed E-state index contributed by atoms with van der Waals surface area (Å²) in [5, 5.41) is 0. The molecule has 0 saturated heterocycles. The third kappa shape index (κ3) is 6.70. The monoisotopic (exact) mass is 198 g/mol. The molecule has 0 atom stereocenters. The van der Waals surface area contributed by atoms with Crippen molar-refractivity contribution in [3.05, 3.63) is 11.6 Å². The van der Waals surface area contributed by atoms with E-state index in [1.165, 1.54) is 0 Å². The minimum Gasteiger partial charge on any atom is -0.457 e. The van der Waals surface area contributed by atoms with Crippen molar-refractivity contribution >= 4 is 5.97 Å². The molecule has 0 fully saturated rings. The van der Waals surface area contributed by atoms with E-state index in [2.05, 4.69) is 13.8 Å². The first-order valence-corrected chi connectivity index (χ1v) is 5.12. The highest BCUT2D eigenvalue weighted by molar-refractivity contribution is 5.87. The minimum atomic E-state index is -0.399. The summed E-state index contributed by atoms with van der Waals surface area (Å²) in [6.07, 6.45) is 2.86. The topological polar surface area (TPSA) is 26.3 Å². The third-order valence-electron chi connectivity index (χ3n) is 1.62. The van der Waals surface area contributed by atoms with Crippen molar-refractivity contribution in [1.29, 1.82) is 0 Å². The van der Waals surface area contributed by atoms with Crippen molar-refractivity contribution < 1.29 is 9.53 Å². The first-order chi connectivity index (χ1) is 6.22. The fourth-order valence-corrected chi connectivity index (χ4v) is 0.854. The molecule has 0 aliphatic carbocycles. The Labute approximate surface area is 87.3 Å². The molecular formula is C12H22O2. The van der Waals surface area contributed by atoms with Crippen LogP contribution < -0.4 is 0 Å². The maximum Gasteiger partial charge on any atom is 0.333 e. The Hall–Kier alpha value is -0.790. The number of esters is 1. The lowest BCUT2D eigenvalue weighted by Crippen LogP contribution is -2.24. The molecule has 0 aliphatic heterocycles. The molecule has 0 aromatic rings. The summed E-state index contributed by atoms with van der Waals surface area (Å²) < 4.78 is 5.22. The van der Waals surface area contributed by atoms with E-state index in [9.17, 15) is 4.79 Å². The zero-order valence-corrected chi connectivity index (χ0v) is 10.2. The largest absolute Gasteiger partial charge is 0.457 e. The van der Waals surface area contributed by atoms with Gasteiger partial charge in [-0.3, -0.25) is 0 Å². The summed E-state index contributed by atoms with van der Waals surface area (Å²) in [7, 11) is 0. The highest BCUT2D eigenvalue weighted by Crippen LogP contribution is 2.12. The Morgan fingerprint density at radius 3 is 2.21 bits per heavy atom. The van der Waals surface area contributed by atoms with Gasteiger partial charge in [0.2, 0.25) is 0 Å². The Bertz CT molecular complexity index is 219. The molecule has 0 aliphatic rings. The quantitative estimate of drug-likeness (QED) is 0.513. The van der Waals surface area contributed by atoms with Crippen LogP contribution in [0.25, 0.3) is 0 Å². The lowest BCUT2D eigenvalue weighted by atomic mass is 10.1. The van der Waals surface area contributed by atoms with Gasteiger partial charge in [0.25, 0.3) is 0 Å². The highest BCUT2D eigenvalue weighted by Gasteiger charge is 2.16. The molecule has 0 unspecified atom stereocenters. The Morgan fingerprint density at radius 1 is 1.36 bits per heavy atom. The van der Waals surface area contributed by atoms with E-state index in [1.54, 1.807) is 6.92 Å². The Kier molecular flexibility index (Phi) is 4.89. The standard InChI is InChI=1S/C12H22O2/c1-9(2)7-8-10(3)11(13)14-12(4,5)6/h8-9H,7H2,1-6H3/b10-8+. The maximum atomic E-state index is 11.5. The number of allylic oxidation sites excluding steroid dienone is 1. The van der Waals surface area contributed by atoms with Gasteiger partial charge in [0.05, 0.1) is 0 Å². The second kappa shape index (κ2) is 5.18. The number of hydrogen-bond acceptors (Lipinski definition) is 2. The van der Waals surface area contributed by atoms with Crippen LogP contribution in [-0.2, 0) is 9.53 Å². The molecule has 0 aromatic heterocycles. The van der Waals surface area contributed by atoms with Crippen LogP contribution in [0.2, 0.25) is 0 Å². The van der Waals surface area contributed by atoms with Crippen LogP contribution in [-0.4, -0.2) is 11.6 Å². The van der Waals surface area contributed by atoms with Crippen molar-refractivity contribution in [1.82, 2.24) is 0 Å². The van der Waals surface area contributed by atoms with Gasteiger partial charge in [-0.05, 0) is 40.0 Å². The summed E-state index contributed by atoms with van der Waals surface area (Å²) in [4.78, 5) is 11.5. The molecular weight excluding hydrogens is 176 g/mol. The van der Waals surface area contributed by atoms with Crippen LogP contribution in [0.1, 0.15) is 48.0 Å². The first kappa shape index (κ1) is 13.2. The lowest BCUT2D eigenvalue weighted by molar-refractivity contribution is -0.149. The summed E-state index contributed by atoms with van der Waals surface area (Å²) in [6, 6.07) is 0. The molecule has 0 bridgehead atoms. The highest BCUT2D eigenvalue weighted by atomic mass is 16.6. The smallest absolute Gasteiger partial charge is 0.333 e. The number of carbonyl (C=O) groups excluding carboxylic acids is 1. The molecule has 0 N–H and O–H groups in total. The average Bonchev–Trinajstić information content (AvgIpc) is 1.96. The van der Waals surface area contributed by atoms with Crippen LogP contribution in [0.5, 0.6) is 0 Å². The second-order valence-electron chi connectivity index (χ2n) is 5.02. The molecule has 0 rings (SSSR count). The zero-order valence-electron chi connectivity index (χ0n) is 10.2. The molecule has 0 radical (unpaired) electrons. The van der Waals surface area contributed by atoms with E-state index >= 15 is 0 Å². The molecule has 14 heavy (non-hydrogen) atoms. The minimum absolute atomic E-state index is 0.210. The van der Waals surface area contributed by atoms with Crippen molar-refractivity contribution in [2.24, 2.45) is 5.92 Å². The van der Waals surface area contributed by atoms with Crippen LogP contribution in [0.3, 0.4) is 0 Å². The van der Waals surface area contributed by atoms with Crippen LogP contribution in [0.4, 0.5) is 0 Å². The van der Waals surface area contributed by atoms with Gasteiger partial charge in [0.1, 0.15) is 5.60 Å². The Balaban J connectivity index is 4.19. The van der Waals surface area contributed by atoms with Gasteiger partial charge < -0.3 is 4.74 Å². The molecule has 2 heteroatoms. The Morgan fingerprint density at radius 2 is 1.86 bits per heavy atom. The zero-order chi connectivity index (χ0) is 11.4. The van der Waals surface area contributed by atoms with E-state index in [4.69, 9.17) is 4.74 Å². The molecule has 0 heterocycles. The van der Waals surface area contributed by atoms with E-state index < -0.39 is 5.60 Å². The van der Waals surface area contributed by atoms with Gasteiger partial charge in [-0.2, -0.15) is 0 Å². The van der Waals surface area contributed by atoms with Crippen molar-refractivity contribution in [2.75, 3.05) is 0 Å². The number of carbonyl (C=O) groups is 1. The molecule has 0 spiro atoms. The first-order valence-electron chi connectivity index (χ1n) is 5.12.